The second kappa shape index (κ2) is 6.98. The van der Waals surface area contributed by atoms with Gasteiger partial charge in [-0.25, -0.2) is 10.1 Å². The van der Waals surface area contributed by atoms with Crippen molar-refractivity contribution < 1.29 is 9.42 Å². The summed E-state index contributed by atoms with van der Waals surface area (Å²) in [6.07, 6.45) is 3.04. The lowest BCUT2D eigenvalue weighted by Gasteiger charge is -2.04. The Balaban J connectivity index is 1.60. The molecule has 0 unspecified atom stereocenters. The quantitative estimate of drug-likeness (QED) is 0.648. The molecule has 1 aromatic carbocycles. The van der Waals surface area contributed by atoms with Crippen LogP contribution in [0.5, 0.6) is 0 Å². The minimum Gasteiger partial charge on any atom is -0.378 e. The lowest BCUT2D eigenvalue weighted by Crippen LogP contribution is -2.22. The molecule has 0 aliphatic heterocycles. The van der Waals surface area contributed by atoms with Crippen LogP contribution in [-0.4, -0.2) is 36.9 Å². The summed E-state index contributed by atoms with van der Waals surface area (Å²) in [6, 6.07) is 8.04. The van der Waals surface area contributed by atoms with E-state index in [0.717, 1.165) is 30.5 Å². The van der Waals surface area contributed by atoms with Crippen molar-refractivity contribution in [2.45, 2.75) is 32.6 Å². The highest BCUT2D eigenvalue weighted by atomic mass is 16.6. The van der Waals surface area contributed by atoms with Crippen molar-refractivity contribution in [3.05, 3.63) is 46.8 Å². The summed E-state index contributed by atoms with van der Waals surface area (Å²) in [6.45, 7) is 1.99. The van der Waals surface area contributed by atoms with Crippen molar-refractivity contribution in [1.29, 1.82) is 0 Å². The van der Waals surface area contributed by atoms with E-state index < -0.39 is 5.91 Å². The van der Waals surface area contributed by atoms with Gasteiger partial charge in [0.25, 0.3) is 5.91 Å². The van der Waals surface area contributed by atoms with Gasteiger partial charge in [-0.15, -0.1) is 5.10 Å². The standard InChI is InChI=1S/C17H18N8O2/c1-2-5-13-14(20-24-25(13)16-15(18)22-27-23-16)17(26)21-19-12-9-8-10-6-3-4-7-11(10)12/h3-4,6-7H,2,5,8-9H2,1H3,(H2,18,22)(H,21,26). The molecule has 3 N–H and O–H groups in total. The summed E-state index contributed by atoms with van der Waals surface area (Å²) in [5.74, 6) is -0.148. The third-order valence-corrected chi connectivity index (χ3v) is 4.41. The Morgan fingerprint density at radius 3 is 2.96 bits per heavy atom. The number of nitrogen functional groups attached to an aromatic ring is 1. The van der Waals surface area contributed by atoms with E-state index in [-0.39, 0.29) is 17.3 Å². The molecule has 1 aliphatic carbocycles. The van der Waals surface area contributed by atoms with E-state index >= 15 is 0 Å². The summed E-state index contributed by atoms with van der Waals surface area (Å²) in [5, 5.41) is 19.5. The molecule has 0 bridgehead atoms. The van der Waals surface area contributed by atoms with Gasteiger partial charge in [0.2, 0.25) is 11.6 Å². The van der Waals surface area contributed by atoms with E-state index in [1.54, 1.807) is 0 Å². The molecule has 0 saturated heterocycles. The molecule has 0 fully saturated rings. The number of anilines is 1. The Bertz CT molecular complexity index is 1020. The van der Waals surface area contributed by atoms with E-state index in [2.05, 4.69) is 41.8 Å². The molecule has 0 radical (unpaired) electrons. The van der Waals surface area contributed by atoms with Crippen molar-refractivity contribution >= 4 is 17.4 Å². The van der Waals surface area contributed by atoms with Crippen molar-refractivity contribution in [3.8, 4) is 5.82 Å². The number of carbonyl (C=O) groups is 1. The number of nitrogens with zero attached hydrogens (tertiary/aromatic N) is 6. The lowest BCUT2D eigenvalue weighted by atomic mass is 10.1. The van der Waals surface area contributed by atoms with Crippen LogP contribution in [0.2, 0.25) is 0 Å². The number of hydrogen-bond acceptors (Lipinski definition) is 8. The zero-order valence-corrected chi connectivity index (χ0v) is 14.7. The fourth-order valence-electron chi connectivity index (χ4n) is 3.14. The molecule has 1 amide bonds. The molecule has 10 heteroatoms. The first kappa shape index (κ1) is 16.9. The molecular formula is C17H18N8O2. The number of aromatic nitrogens is 5. The highest BCUT2D eigenvalue weighted by Crippen LogP contribution is 2.22. The van der Waals surface area contributed by atoms with Gasteiger partial charge in [-0.2, -0.15) is 9.78 Å². The topological polar surface area (TPSA) is 137 Å². The van der Waals surface area contributed by atoms with Gasteiger partial charge in [0.05, 0.1) is 11.4 Å². The van der Waals surface area contributed by atoms with Crippen molar-refractivity contribution in [2.24, 2.45) is 5.10 Å². The smallest absolute Gasteiger partial charge is 0.293 e. The van der Waals surface area contributed by atoms with E-state index in [1.165, 1.54) is 10.2 Å². The number of carbonyl (C=O) groups excluding carboxylic acids is 1. The van der Waals surface area contributed by atoms with Gasteiger partial charge in [0.1, 0.15) is 0 Å². The summed E-state index contributed by atoms with van der Waals surface area (Å²) in [5.41, 5.74) is 12.2. The highest BCUT2D eigenvalue weighted by molar-refractivity contribution is 6.05. The number of rotatable bonds is 5. The maximum Gasteiger partial charge on any atom is 0.293 e. The number of hydrazone groups is 1. The number of amides is 1. The minimum atomic E-state index is -0.434. The Morgan fingerprint density at radius 2 is 2.19 bits per heavy atom. The Kier molecular flexibility index (Phi) is 4.37. The average molecular weight is 366 g/mol. The molecular weight excluding hydrogens is 348 g/mol. The first-order chi connectivity index (χ1) is 13.2. The third kappa shape index (κ3) is 3.05. The zero-order chi connectivity index (χ0) is 18.8. The minimum absolute atomic E-state index is 0.0759. The summed E-state index contributed by atoms with van der Waals surface area (Å²) < 4.78 is 5.99. The average Bonchev–Trinajstić information content (AvgIpc) is 3.38. The van der Waals surface area contributed by atoms with Crippen molar-refractivity contribution in [3.63, 3.8) is 0 Å². The van der Waals surface area contributed by atoms with Crippen LogP contribution in [0.3, 0.4) is 0 Å². The normalized spacial score (nSPS) is 14.5. The van der Waals surface area contributed by atoms with Crippen molar-refractivity contribution in [2.75, 3.05) is 5.73 Å². The third-order valence-electron chi connectivity index (χ3n) is 4.41. The summed E-state index contributed by atoms with van der Waals surface area (Å²) in [4.78, 5) is 12.7. The highest BCUT2D eigenvalue weighted by Gasteiger charge is 2.24. The van der Waals surface area contributed by atoms with Crippen LogP contribution < -0.4 is 11.2 Å². The molecule has 138 valence electrons. The van der Waals surface area contributed by atoms with Crippen LogP contribution in [0.15, 0.2) is 34.0 Å². The van der Waals surface area contributed by atoms with Gasteiger partial charge in [-0.05, 0) is 35.1 Å². The zero-order valence-electron chi connectivity index (χ0n) is 14.7. The second-order valence-corrected chi connectivity index (χ2v) is 6.18. The van der Waals surface area contributed by atoms with Crippen LogP contribution in [0.1, 0.15) is 47.1 Å². The molecule has 1 aliphatic rings. The fraction of sp³-hybridized carbons (Fsp3) is 0.294. The second-order valence-electron chi connectivity index (χ2n) is 6.18. The monoisotopic (exact) mass is 366 g/mol. The first-order valence-corrected chi connectivity index (χ1v) is 8.67. The SMILES string of the molecule is CCCc1c(C(=O)NN=C2CCc3ccccc32)nnn1-c1nonc1N. The first-order valence-electron chi connectivity index (χ1n) is 8.67. The van der Waals surface area contributed by atoms with E-state index in [0.29, 0.717) is 12.1 Å². The Hall–Kier alpha value is -3.56. The number of hydrogen-bond donors (Lipinski definition) is 2. The summed E-state index contributed by atoms with van der Waals surface area (Å²) in [7, 11) is 0. The molecule has 0 spiro atoms. The molecule has 27 heavy (non-hydrogen) atoms. The van der Waals surface area contributed by atoms with Crippen LogP contribution in [-0.2, 0) is 12.8 Å². The molecule has 4 rings (SSSR count). The maximum atomic E-state index is 12.7. The van der Waals surface area contributed by atoms with Gasteiger partial charge in [-0.3, -0.25) is 4.79 Å². The van der Waals surface area contributed by atoms with Gasteiger partial charge in [0, 0.05) is 5.56 Å². The molecule has 10 nitrogen and oxygen atoms in total. The summed E-state index contributed by atoms with van der Waals surface area (Å²) >= 11 is 0. The van der Waals surface area contributed by atoms with E-state index in [9.17, 15) is 4.79 Å². The van der Waals surface area contributed by atoms with Gasteiger partial charge >= 0.3 is 0 Å². The number of benzene rings is 1. The molecule has 3 aromatic rings. The van der Waals surface area contributed by atoms with Crippen LogP contribution >= 0.6 is 0 Å². The molecule has 0 saturated carbocycles. The number of nitrogens with one attached hydrogen (secondary N) is 1. The van der Waals surface area contributed by atoms with Crippen molar-refractivity contribution in [1.82, 2.24) is 30.7 Å². The largest absolute Gasteiger partial charge is 0.378 e. The predicted octanol–water partition coefficient (Wildman–Crippen LogP) is 1.27. The number of fused-ring (bicyclic) bond motifs is 1. The molecule has 2 aromatic heterocycles. The van der Waals surface area contributed by atoms with E-state index in [1.807, 2.05) is 25.1 Å². The predicted molar refractivity (Wildman–Crippen MR) is 96.4 cm³/mol. The van der Waals surface area contributed by atoms with Gasteiger partial charge in [-0.1, -0.05) is 42.8 Å². The lowest BCUT2D eigenvalue weighted by molar-refractivity contribution is 0.0948. The van der Waals surface area contributed by atoms with Gasteiger partial charge in [0.15, 0.2) is 5.69 Å². The maximum absolute atomic E-state index is 12.7. The fourth-order valence-corrected chi connectivity index (χ4v) is 3.14. The Morgan fingerprint density at radius 1 is 1.33 bits per heavy atom. The van der Waals surface area contributed by atoms with Crippen LogP contribution in [0.4, 0.5) is 5.82 Å². The molecule has 0 atom stereocenters. The number of nitrogens with two attached hydrogens (primary N) is 1. The number of aryl methyl sites for hydroxylation is 1. The van der Waals surface area contributed by atoms with Gasteiger partial charge < -0.3 is 5.73 Å². The Labute approximate surface area is 154 Å². The van der Waals surface area contributed by atoms with Crippen LogP contribution in [0.25, 0.3) is 5.82 Å². The molecule has 2 heterocycles. The van der Waals surface area contributed by atoms with Crippen LogP contribution in [0, 0.1) is 0 Å². The van der Waals surface area contributed by atoms with E-state index in [4.69, 9.17) is 5.73 Å².